The summed E-state index contributed by atoms with van der Waals surface area (Å²) in [6, 6.07) is 17.9. The second-order valence-electron chi connectivity index (χ2n) is 6.41. The number of hydrogen-bond donors (Lipinski definition) is 0. The minimum absolute atomic E-state index is 0.0321. The van der Waals surface area contributed by atoms with Crippen molar-refractivity contribution < 1.29 is 18.7 Å². The molecule has 1 saturated heterocycles. The number of ether oxygens (including phenoxy) is 2. The van der Waals surface area contributed by atoms with Gasteiger partial charge in [0.05, 0.1) is 19.8 Å². The van der Waals surface area contributed by atoms with Crippen LogP contribution in [0.25, 0.3) is 10.8 Å². The van der Waals surface area contributed by atoms with Crippen LogP contribution < -0.4 is 4.74 Å². The van der Waals surface area contributed by atoms with E-state index in [9.17, 15) is 4.79 Å². The maximum atomic E-state index is 12.7. The van der Waals surface area contributed by atoms with Crippen molar-refractivity contribution in [2.45, 2.75) is 12.5 Å². The molecule has 2 heterocycles. The van der Waals surface area contributed by atoms with Crippen LogP contribution in [0, 0.1) is 0 Å². The molecule has 5 heteroatoms. The lowest BCUT2D eigenvalue weighted by Gasteiger charge is -2.32. The first kappa shape index (κ1) is 16.7. The first-order chi connectivity index (χ1) is 12.7. The predicted octanol–water partition coefficient (Wildman–Crippen LogP) is 3.53. The molecule has 4 rings (SSSR count). The molecule has 1 atom stereocenters. The third kappa shape index (κ3) is 3.30. The summed E-state index contributed by atoms with van der Waals surface area (Å²) in [5.74, 6) is 0.515. The van der Waals surface area contributed by atoms with Crippen LogP contribution in [0.2, 0.25) is 0 Å². The van der Waals surface area contributed by atoms with Crippen LogP contribution in [-0.4, -0.2) is 43.7 Å². The second-order valence-corrected chi connectivity index (χ2v) is 6.41. The SMILES string of the molecule is COc1ccc(C(=O)N2CCO[C@H](Cc3cccc4ccccc34)C2)o1. The Bertz CT molecular complexity index is 912. The minimum Gasteiger partial charge on any atom is -0.468 e. The van der Waals surface area contributed by atoms with Gasteiger partial charge in [0.1, 0.15) is 0 Å². The number of fused-ring (bicyclic) bond motifs is 1. The zero-order valence-corrected chi connectivity index (χ0v) is 14.7. The van der Waals surface area contributed by atoms with E-state index in [4.69, 9.17) is 13.9 Å². The third-order valence-corrected chi connectivity index (χ3v) is 4.75. The lowest BCUT2D eigenvalue weighted by atomic mass is 9.99. The van der Waals surface area contributed by atoms with E-state index in [2.05, 4.69) is 30.3 Å². The van der Waals surface area contributed by atoms with Crippen LogP contribution >= 0.6 is 0 Å². The molecule has 0 bridgehead atoms. The fourth-order valence-electron chi connectivity index (χ4n) is 3.44. The van der Waals surface area contributed by atoms with E-state index in [1.165, 1.54) is 23.4 Å². The predicted molar refractivity (Wildman–Crippen MR) is 98.6 cm³/mol. The molecule has 0 saturated carbocycles. The van der Waals surface area contributed by atoms with Crippen molar-refractivity contribution in [2.75, 3.05) is 26.8 Å². The van der Waals surface area contributed by atoms with Gasteiger partial charge < -0.3 is 18.8 Å². The van der Waals surface area contributed by atoms with Crippen LogP contribution in [0.15, 0.2) is 59.0 Å². The smallest absolute Gasteiger partial charge is 0.289 e. The molecule has 1 aromatic heterocycles. The Hall–Kier alpha value is -2.79. The molecule has 0 spiro atoms. The molecule has 1 aliphatic rings. The van der Waals surface area contributed by atoms with Gasteiger partial charge in [0, 0.05) is 25.6 Å². The van der Waals surface area contributed by atoms with Gasteiger partial charge in [-0.15, -0.1) is 0 Å². The van der Waals surface area contributed by atoms with Gasteiger partial charge in [-0.05, 0) is 22.4 Å². The molecular weight excluding hydrogens is 330 g/mol. The topological polar surface area (TPSA) is 51.9 Å². The Balaban J connectivity index is 1.49. The van der Waals surface area contributed by atoms with E-state index in [-0.39, 0.29) is 12.0 Å². The molecule has 2 aromatic carbocycles. The summed E-state index contributed by atoms with van der Waals surface area (Å²) >= 11 is 0. The molecule has 0 aliphatic carbocycles. The maximum Gasteiger partial charge on any atom is 0.289 e. The summed E-state index contributed by atoms with van der Waals surface area (Å²) < 4.78 is 16.3. The number of morpholine rings is 1. The molecule has 0 unspecified atom stereocenters. The number of carbonyl (C=O) groups excluding carboxylic acids is 1. The summed E-state index contributed by atoms with van der Waals surface area (Å²) in [6.07, 6.45) is 0.738. The van der Waals surface area contributed by atoms with Crippen molar-refractivity contribution in [3.63, 3.8) is 0 Å². The largest absolute Gasteiger partial charge is 0.468 e. The van der Waals surface area contributed by atoms with Gasteiger partial charge in [0.25, 0.3) is 11.9 Å². The maximum absolute atomic E-state index is 12.7. The van der Waals surface area contributed by atoms with E-state index >= 15 is 0 Å². The van der Waals surface area contributed by atoms with E-state index < -0.39 is 0 Å². The zero-order chi connectivity index (χ0) is 17.9. The Labute approximate surface area is 152 Å². The summed E-state index contributed by atoms with van der Waals surface area (Å²) in [7, 11) is 1.52. The van der Waals surface area contributed by atoms with Crippen molar-refractivity contribution in [2.24, 2.45) is 0 Å². The Morgan fingerprint density at radius 1 is 1.15 bits per heavy atom. The number of hydrogen-bond acceptors (Lipinski definition) is 4. The van der Waals surface area contributed by atoms with E-state index in [0.29, 0.717) is 31.4 Å². The summed E-state index contributed by atoms with van der Waals surface area (Å²) in [6.45, 7) is 1.64. The first-order valence-electron chi connectivity index (χ1n) is 8.76. The highest BCUT2D eigenvalue weighted by Crippen LogP contribution is 2.23. The van der Waals surface area contributed by atoms with Gasteiger partial charge >= 0.3 is 0 Å². The fraction of sp³-hybridized carbons (Fsp3) is 0.286. The molecule has 26 heavy (non-hydrogen) atoms. The molecule has 134 valence electrons. The van der Waals surface area contributed by atoms with Gasteiger partial charge in [0.15, 0.2) is 5.76 Å². The minimum atomic E-state index is -0.125. The molecule has 1 amide bonds. The van der Waals surface area contributed by atoms with Crippen LogP contribution in [-0.2, 0) is 11.2 Å². The van der Waals surface area contributed by atoms with Crippen LogP contribution in [0.4, 0.5) is 0 Å². The monoisotopic (exact) mass is 351 g/mol. The number of rotatable bonds is 4. The lowest BCUT2D eigenvalue weighted by molar-refractivity contribution is -0.0217. The second kappa shape index (κ2) is 7.22. The number of nitrogens with zero attached hydrogens (tertiary/aromatic N) is 1. The number of benzene rings is 2. The van der Waals surface area contributed by atoms with Crippen molar-refractivity contribution in [3.05, 3.63) is 65.9 Å². The molecule has 0 N–H and O–H groups in total. The number of furan rings is 1. The highest BCUT2D eigenvalue weighted by atomic mass is 16.6. The Kier molecular flexibility index (Phi) is 4.63. The van der Waals surface area contributed by atoms with Gasteiger partial charge in [-0.25, -0.2) is 0 Å². The Morgan fingerprint density at radius 2 is 2.00 bits per heavy atom. The highest BCUT2D eigenvalue weighted by molar-refractivity contribution is 5.91. The zero-order valence-electron chi connectivity index (χ0n) is 14.7. The fourth-order valence-corrected chi connectivity index (χ4v) is 3.44. The highest BCUT2D eigenvalue weighted by Gasteiger charge is 2.27. The van der Waals surface area contributed by atoms with Gasteiger partial charge in [-0.2, -0.15) is 0 Å². The average molecular weight is 351 g/mol. The van der Waals surface area contributed by atoms with Gasteiger partial charge in [-0.1, -0.05) is 42.5 Å². The number of amides is 1. The summed E-state index contributed by atoms with van der Waals surface area (Å²) in [5, 5.41) is 2.45. The average Bonchev–Trinajstić information content (AvgIpc) is 3.17. The molecule has 1 fully saturated rings. The van der Waals surface area contributed by atoms with E-state index in [0.717, 1.165) is 6.42 Å². The first-order valence-corrected chi connectivity index (χ1v) is 8.76. The van der Waals surface area contributed by atoms with Crippen molar-refractivity contribution in [1.82, 2.24) is 4.90 Å². The Morgan fingerprint density at radius 3 is 2.85 bits per heavy atom. The van der Waals surface area contributed by atoms with Crippen molar-refractivity contribution >= 4 is 16.7 Å². The standard InChI is InChI=1S/C21H21NO4/c1-24-20-10-9-19(26-20)21(23)22-11-12-25-17(14-22)13-16-7-4-6-15-5-2-3-8-18(15)16/h2-10,17H,11-14H2,1H3/t17-/m1/s1. The number of carbonyl (C=O) groups is 1. The van der Waals surface area contributed by atoms with Crippen molar-refractivity contribution in [1.29, 1.82) is 0 Å². The van der Waals surface area contributed by atoms with E-state index in [1.54, 1.807) is 17.0 Å². The quantitative estimate of drug-likeness (QED) is 0.722. The summed E-state index contributed by atoms with van der Waals surface area (Å²) in [4.78, 5) is 14.4. The number of methoxy groups -OCH3 is 1. The van der Waals surface area contributed by atoms with Crippen LogP contribution in [0.1, 0.15) is 16.1 Å². The van der Waals surface area contributed by atoms with Gasteiger partial charge in [-0.3, -0.25) is 4.79 Å². The molecular formula is C21H21NO4. The molecule has 0 radical (unpaired) electrons. The van der Waals surface area contributed by atoms with E-state index in [1.807, 2.05) is 12.1 Å². The van der Waals surface area contributed by atoms with Crippen molar-refractivity contribution in [3.8, 4) is 5.95 Å². The third-order valence-electron chi connectivity index (χ3n) is 4.75. The molecule has 5 nitrogen and oxygen atoms in total. The normalized spacial score (nSPS) is 17.4. The van der Waals surface area contributed by atoms with Gasteiger partial charge in [0.2, 0.25) is 0 Å². The van der Waals surface area contributed by atoms with Crippen LogP contribution in [0.3, 0.4) is 0 Å². The summed E-state index contributed by atoms with van der Waals surface area (Å²) in [5.41, 5.74) is 1.24. The van der Waals surface area contributed by atoms with Crippen LogP contribution in [0.5, 0.6) is 5.95 Å². The lowest BCUT2D eigenvalue weighted by Crippen LogP contribution is -2.46. The molecule has 3 aromatic rings. The molecule has 1 aliphatic heterocycles.